The van der Waals surface area contributed by atoms with Crippen molar-refractivity contribution in [1.82, 2.24) is 4.98 Å². The lowest BCUT2D eigenvalue weighted by atomic mass is 10.2. The zero-order chi connectivity index (χ0) is 19.4. The smallest absolute Gasteiger partial charge is 0.422 e. The van der Waals surface area contributed by atoms with E-state index in [1.807, 2.05) is 0 Å². The van der Waals surface area contributed by atoms with E-state index in [0.29, 0.717) is 4.90 Å². The van der Waals surface area contributed by atoms with Crippen LogP contribution >= 0.6 is 12.6 Å². The third-order valence-corrected chi connectivity index (χ3v) is 4.63. The van der Waals surface area contributed by atoms with Gasteiger partial charge in [0.2, 0.25) is 5.88 Å². The number of halogens is 3. The van der Waals surface area contributed by atoms with Crippen molar-refractivity contribution < 1.29 is 35.6 Å². The molecule has 11 heteroatoms. The minimum Gasteiger partial charge on any atom is -0.468 e. The second kappa shape index (κ2) is 8.25. The second-order valence-corrected chi connectivity index (χ2v) is 7.21. The number of nitrogens with zero attached hydrogens (tertiary/aromatic N) is 1. The molecule has 0 aliphatic heterocycles. The molecular formula is C15H14F3NO5S2. The lowest BCUT2D eigenvalue weighted by molar-refractivity contribution is -0.154. The zero-order valence-electron chi connectivity index (χ0n) is 13.0. The molecule has 26 heavy (non-hydrogen) atoms. The van der Waals surface area contributed by atoms with E-state index >= 15 is 0 Å². The number of ether oxygens (including phenoxy) is 1. The molecule has 0 fully saturated rings. The SMILES string of the molecule is O=S(=O)(OCC(O)c1ccc(OCC(F)(F)F)nc1)c1ccc(S)cc1. The molecule has 0 spiro atoms. The third kappa shape index (κ3) is 6.16. The van der Waals surface area contributed by atoms with Gasteiger partial charge in [0, 0.05) is 22.7 Å². The van der Waals surface area contributed by atoms with Crippen molar-refractivity contribution in [2.45, 2.75) is 22.1 Å². The van der Waals surface area contributed by atoms with Crippen molar-refractivity contribution in [2.24, 2.45) is 0 Å². The van der Waals surface area contributed by atoms with Crippen molar-refractivity contribution in [2.75, 3.05) is 13.2 Å². The highest BCUT2D eigenvalue weighted by Gasteiger charge is 2.28. The Labute approximate surface area is 153 Å². The highest BCUT2D eigenvalue weighted by atomic mass is 32.2. The second-order valence-electron chi connectivity index (χ2n) is 5.08. The minimum absolute atomic E-state index is 0.100. The molecular weight excluding hydrogens is 395 g/mol. The largest absolute Gasteiger partial charge is 0.468 e. The number of rotatable bonds is 7. The molecule has 1 heterocycles. The highest BCUT2D eigenvalue weighted by molar-refractivity contribution is 7.86. The van der Waals surface area contributed by atoms with E-state index in [-0.39, 0.29) is 16.3 Å². The van der Waals surface area contributed by atoms with Crippen molar-refractivity contribution in [3.05, 3.63) is 48.2 Å². The van der Waals surface area contributed by atoms with E-state index in [1.54, 1.807) is 0 Å². The van der Waals surface area contributed by atoms with Gasteiger partial charge in [0.05, 0.1) is 11.5 Å². The van der Waals surface area contributed by atoms with Gasteiger partial charge in [-0.1, -0.05) is 0 Å². The van der Waals surface area contributed by atoms with E-state index in [0.717, 1.165) is 12.3 Å². The summed E-state index contributed by atoms with van der Waals surface area (Å²) in [5.74, 6) is -0.279. The molecule has 2 rings (SSSR count). The molecule has 142 valence electrons. The zero-order valence-corrected chi connectivity index (χ0v) is 14.8. The molecule has 1 aromatic heterocycles. The van der Waals surface area contributed by atoms with Crippen molar-refractivity contribution >= 4 is 22.7 Å². The van der Waals surface area contributed by atoms with Gasteiger partial charge < -0.3 is 9.84 Å². The fourth-order valence-electron chi connectivity index (χ4n) is 1.76. The molecule has 0 aliphatic carbocycles. The van der Waals surface area contributed by atoms with Crippen LogP contribution in [0, 0.1) is 0 Å². The molecule has 1 atom stereocenters. The molecule has 1 unspecified atom stereocenters. The van der Waals surface area contributed by atoms with E-state index < -0.39 is 35.6 Å². The van der Waals surface area contributed by atoms with Crippen LogP contribution in [0.5, 0.6) is 5.88 Å². The number of aromatic nitrogens is 1. The third-order valence-electron chi connectivity index (χ3n) is 3.03. The quantitative estimate of drug-likeness (QED) is 0.540. The average Bonchev–Trinajstić information content (AvgIpc) is 2.58. The first-order valence-electron chi connectivity index (χ1n) is 7.09. The maximum Gasteiger partial charge on any atom is 0.422 e. The Morgan fingerprint density at radius 1 is 1.15 bits per heavy atom. The Bertz CT molecular complexity index is 824. The summed E-state index contributed by atoms with van der Waals surface area (Å²) in [5, 5.41) is 9.96. The van der Waals surface area contributed by atoms with Crippen LogP contribution in [0.3, 0.4) is 0 Å². The van der Waals surface area contributed by atoms with Gasteiger partial charge in [-0.25, -0.2) is 4.98 Å². The molecule has 2 aromatic rings. The molecule has 6 nitrogen and oxygen atoms in total. The Kier molecular flexibility index (Phi) is 6.50. The highest BCUT2D eigenvalue weighted by Crippen LogP contribution is 2.21. The summed E-state index contributed by atoms with van der Waals surface area (Å²) in [6, 6.07) is 7.94. The van der Waals surface area contributed by atoms with Crippen molar-refractivity contribution in [3.63, 3.8) is 0 Å². The number of thiol groups is 1. The number of hydrogen-bond acceptors (Lipinski definition) is 7. The molecule has 0 saturated carbocycles. The van der Waals surface area contributed by atoms with Crippen LogP contribution in [-0.4, -0.2) is 37.9 Å². The number of aliphatic hydroxyl groups is 1. The summed E-state index contributed by atoms with van der Waals surface area (Å²) in [6.45, 7) is -2.08. The van der Waals surface area contributed by atoms with Crippen LogP contribution in [0.2, 0.25) is 0 Å². The van der Waals surface area contributed by atoms with Gasteiger partial charge in [-0.3, -0.25) is 4.18 Å². The number of alkyl halides is 3. The topological polar surface area (TPSA) is 85.7 Å². The number of pyridine rings is 1. The predicted molar refractivity (Wildman–Crippen MR) is 87.6 cm³/mol. The van der Waals surface area contributed by atoms with E-state index in [1.165, 1.54) is 30.3 Å². The number of benzene rings is 1. The fraction of sp³-hybridized carbons (Fsp3) is 0.267. The molecule has 1 aromatic carbocycles. The first kappa shape index (κ1) is 20.5. The number of aliphatic hydroxyl groups excluding tert-OH is 1. The monoisotopic (exact) mass is 409 g/mol. The lowest BCUT2D eigenvalue weighted by Gasteiger charge is -2.13. The first-order valence-corrected chi connectivity index (χ1v) is 8.94. The summed E-state index contributed by atoms with van der Waals surface area (Å²) in [6.07, 6.45) is -4.77. The van der Waals surface area contributed by atoms with Gasteiger partial charge in [-0.2, -0.15) is 21.6 Å². The molecule has 0 saturated heterocycles. The van der Waals surface area contributed by atoms with Gasteiger partial charge in [0.25, 0.3) is 10.1 Å². The Morgan fingerprint density at radius 3 is 2.35 bits per heavy atom. The van der Waals surface area contributed by atoms with Crippen LogP contribution in [0.15, 0.2) is 52.4 Å². The van der Waals surface area contributed by atoms with Crippen molar-refractivity contribution in [3.8, 4) is 5.88 Å². The molecule has 0 bridgehead atoms. The van der Waals surface area contributed by atoms with Crippen LogP contribution in [0.1, 0.15) is 11.7 Å². The van der Waals surface area contributed by atoms with Crippen LogP contribution in [0.4, 0.5) is 13.2 Å². The van der Waals surface area contributed by atoms with Gasteiger partial charge in [0.15, 0.2) is 6.61 Å². The Hall–Kier alpha value is -1.82. The summed E-state index contributed by atoms with van der Waals surface area (Å²) in [4.78, 5) is 4.09. The summed E-state index contributed by atoms with van der Waals surface area (Å²) in [5.41, 5.74) is 0.158. The molecule has 0 radical (unpaired) electrons. The predicted octanol–water partition coefficient (Wildman–Crippen LogP) is 2.75. The minimum atomic E-state index is -4.49. The normalized spacial score (nSPS) is 13.4. The molecule has 0 amide bonds. The van der Waals surface area contributed by atoms with Gasteiger partial charge in [0.1, 0.15) is 6.10 Å². The van der Waals surface area contributed by atoms with E-state index in [2.05, 4.69) is 22.3 Å². The van der Waals surface area contributed by atoms with Gasteiger partial charge in [-0.05, 0) is 30.3 Å². The van der Waals surface area contributed by atoms with Crippen LogP contribution in [-0.2, 0) is 14.3 Å². The van der Waals surface area contributed by atoms with Crippen LogP contribution in [0.25, 0.3) is 0 Å². The van der Waals surface area contributed by atoms with Crippen molar-refractivity contribution in [1.29, 1.82) is 0 Å². The summed E-state index contributed by atoms with van der Waals surface area (Å²) >= 11 is 4.04. The summed E-state index contributed by atoms with van der Waals surface area (Å²) in [7, 11) is -4.08. The average molecular weight is 409 g/mol. The van der Waals surface area contributed by atoms with E-state index in [9.17, 15) is 26.7 Å². The van der Waals surface area contributed by atoms with E-state index in [4.69, 9.17) is 4.18 Å². The first-order chi connectivity index (χ1) is 12.1. The molecule has 1 N–H and O–H groups in total. The maximum absolute atomic E-state index is 12.1. The summed E-state index contributed by atoms with van der Waals surface area (Å²) < 4.78 is 69.4. The fourth-order valence-corrected chi connectivity index (χ4v) is 2.82. The maximum atomic E-state index is 12.1. The Balaban J connectivity index is 1.95. The Morgan fingerprint density at radius 2 is 1.81 bits per heavy atom. The molecule has 0 aliphatic rings. The van der Waals surface area contributed by atoms with Crippen LogP contribution < -0.4 is 4.74 Å². The standard InChI is InChI=1S/C15H14F3NO5S2/c16-15(17,18)9-23-14-6-1-10(7-19-14)13(20)8-24-26(21,22)12-4-2-11(25)3-5-12/h1-7,13,20,25H,8-9H2. The lowest BCUT2D eigenvalue weighted by Crippen LogP contribution is -2.19. The van der Waals surface area contributed by atoms with Gasteiger partial charge in [-0.15, -0.1) is 12.6 Å². The van der Waals surface area contributed by atoms with Gasteiger partial charge >= 0.3 is 6.18 Å². The number of hydrogen-bond donors (Lipinski definition) is 2.